The van der Waals surface area contributed by atoms with Gasteiger partial charge in [0.15, 0.2) is 0 Å². The van der Waals surface area contributed by atoms with Crippen LogP contribution in [0.4, 0.5) is 13.2 Å². The Bertz CT molecular complexity index is 590. The number of aliphatic hydroxyl groups is 1. The molecule has 0 saturated heterocycles. The Morgan fingerprint density at radius 2 is 2.00 bits per heavy atom. The largest absolute Gasteiger partial charge is 0.416 e. The van der Waals surface area contributed by atoms with E-state index in [4.69, 9.17) is 0 Å². The molecule has 6 heteroatoms. The molecule has 0 bridgehead atoms. The lowest BCUT2D eigenvalue weighted by Gasteiger charge is -2.15. The summed E-state index contributed by atoms with van der Waals surface area (Å²) in [7, 11) is 1.71. The van der Waals surface area contributed by atoms with E-state index in [2.05, 4.69) is 4.98 Å². The van der Waals surface area contributed by atoms with Crippen molar-refractivity contribution in [3.8, 4) is 0 Å². The Kier molecular flexibility index (Phi) is 3.36. The van der Waals surface area contributed by atoms with E-state index in [9.17, 15) is 18.3 Å². The maximum atomic E-state index is 12.6. The Morgan fingerprint density at radius 3 is 2.47 bits per heavy atom. The van der Waals surface area contributed by atoms with Crippen molar-refractivity contribution in [1.82, 2.24) is 9.55 Å². The zero-order valence-corrected chi connectivity index (χ0v) is 10.4. The standard InChI is InChI=1S/C13H13F3N2O/c1-8-7-9(13(14,15)16)3-4-10(8)11(19)12-17-5-6-18(12)2/h3-7,11,19H,1-2H3. The molecule has 0 spiro atoms. The molecule has 0 radical (unpaired) electrons. The van der Waals surface area contributed by atoms with Crippen LogP contribution in [0.25, 0.3) is 0 Å². The van der Waals surface area contributed by atoms with Gasteiger partial charge in [0, 0.05) is 19.4 Å². The third-order valence-corrected chi connectivity index (χ3v) is 2.99. The number of aromatic nitrogens is 2. The number of aliphatic hydroxyl groups excluding tert-OH is 1. The fraction of sp³-hybridized carbons (Fsp3) is 0.308. The summed E-state index contributed by atoms with van der Waals surface area (Å²) in [5.41, 5.74) is 0.0772. The summed E-state index contributed by atoms with van der Waals surface area (Å²) in [6, 6.07) is 3.29. The number of imidazole rings is 1. The summed E-state index contributed by atoms with van der Waals surface area (Å²) in [6.45, 7) is 1.54. The van der Waals surface area contributed by atoms with Gasteiger partial charge in [-0.1, -0.05) is 6.07 Å². The predicted octanol–water partition coefficient (Wildman–Crippen LogP) is 2.83. The van der Waals surface area contributed by atoms with Crippen LogP contribution in [-0.2, 0) is 13.2 Å². The minimum atomic E-state index is -4.38. The molecule has 1 unspecified atom stereocenters. The van der Waals surface area contributed by atoms with E-state index >= 15 is 0 Å². The number of benzene rings is 1. The van der Waals surface area contributed by atoms with Crippen molar-refractivity contribution < 1.29 is 18.3 Å². The second-order valence-corrected chi connectivity index (χ2v) is 4.37. The molecule has 0 saturated carbocycles. The van der Waals surface area contributed by atoms with Gasteiger partial charge in [-0.25, -0.2) is 4.98 Å². The van der Waals surface area contributed by atoms with E-state index in [1.54, 1.807) is 17.8 Å². The molecule has 1 N–H and O–H groups in total. The van der Waals surface area contributed by atoms with Crippen LogP contribution in [0.15, 0.2) is 30.6 Å². The molecule has 2 rings (SSSR count). The van der Waals surface area contributed by atoms with Gasteiger partial charge >= 0.3 is 6.18 Å². The fourth-order valence-corrected chi connectivity index (χ4v) is 1.94. The highest BCUT2D eigenvalue weighted by atomic mass is 19.4. The first-order chi connectivity index (χ1) is 8.80. The Labute approximate surface area is 108 Å². The molecule has 0 aliphatic carbocycles. The molecule has 1 aromatic carbocycles. The molecule has 0 aliphatic rings. The third-order valence-electron chi connectivity index (χ3n) is 2.99. The second-order valence-electron chi connectivity index (χ2n) is 4.37. The average molecular weight is 270 g/mol. The van der Waals surface area contributed by atoms with Crippen LogP contribution >= 0.6 is 0 Å². The zero-order valence-electron chi connectivity index (χ0n) is 10.4. The van der Waals surface area contributed by atoms with E-state index in [1.807, 2.05) is 0 Å². The van der Waals surface area contributed by atoms with E-state index in [-0.39, 0.29) is 0 Å². The highest BCUT2D eigenvalue weighted by Gasteiger charge is 2.31. The van der Waals surface area contributed by atoms with Crippen LogP contribution in [0.1, 0.15) is 28.6 Å². The Morgan fingerprint density at radius 1 is 1.32 bits per heavy atom. The number of nitrogens with zero attached hydrogens (tertiary/aromatic N) is 2. The third kappa shape index (κ3) is 2.63. The van der Waals surface area contributed by atoms with Gasteiger partial charge in [0.1, 0.15) is 11.9 Å². The van der Waals surface area contributed by atoms with Crippen molar-refractivity contribution in [2.24, 2.45) is 7.05 Å². The van der Waals surface area contributed by atoms with Crippen molar-refractivity contribution in [3.63, 3.8) is 0 Å². The number of aryl methyl sites for hydroxylation is 2. The molecule has 0 aliphatic heterocycles. The summed E-state index contributed by atoms with van der Waals surface area (Å²) >= 11 is 0. The van der Waals surface area contributed by atoms with Crippen molar-refractivity contribution in [3.05, 3.63) is 53.1 Å². The van der Waals surface area contributed by atoms with Crippen LogP contribution in [0.3, 0.4) is 0 Å². The first-order valence-corrected chi connectivity index (χ1v) is 5.63. The average Bonchev–Trinajstić information content (AvgIpc) is 2.73. The van der Waals surface area contributed by atoms with Crippen molar-refractivity contribution in [1.29, 1.82) is 0 Å². The Balaban J connectivity index is 2.39. The van der Waals surface area contributed by atoms with Gasteiger partial charge in [-0.3, -0.25) is 0 Å². The van der Waals surface area contributed by atoms with Crippen molar-refractivity contribution in [2.45, 2.75) is 19.2 Å². The van der Waals surface area contributed by atoms with Gasteiger partial charge in [0.2, 0.25) is 0 Å². The van der Waals surface area contributed by atoms with E-state index in [1.165, 1.54) is 19.2 Å². The summed E-state index contributed by atoms with van der Waals surface area (Å²) in [5, 5.41) is 10.2. The molecule has 1 aromatic heterocycles. The number of hydrogen-bond donors (Lipinski definition) is 1. The minimum absolute atomic E-state index is 0.380. The maximum absolute atomic E-state index is 12.6. The van der Waals surface area contributed by atoms with Crippen LogP contribution in [0.5, 0.6) is 0 Å². The zero-order chi connectivity index (χ0) is 14.2. The van der Waals surface area contributed by atoms with Crippen molar-refractivity contribution in [2.75, 3.05) is 0 Å². The Hall–Kier alpha value is -1.82. The molecular formula is C13H13F3N2O. The summed E-state index contributed by atoms with van der Waals surface area (Å²) < 4.78 is 39.3. The molecule has 1 heterocycles. The van der Waals surface area contributed by atoms with E-state index < -0.39 is 17.8 Å². The molecular weight excluding hydrogens is 257 g/mol. The summed E-state index contributed by atoms with van der Waals surface area (Å²) in [6.07, 6.45) is -2.23. The topological polar surface area (TPSA) is 38.1 Å². The smallest absolute Gasteiger partial charge is 0.380 e. The minimum Gasteiger partial charge on any atom is -0.380 e. The highest BCUT2D eigenvalue weighted by Crippen LogP contribution is 2.32. The first kappa shape index (κ1) is 13.6. The lowest BCUT2D eigenvalue weighted by atomic mass is 10.00. The summed E-state index contributed by atoms with van der Waals surface area (Å²) in [5.74, 6) is 0.392. The highest BCUT2D eigenvalue weighted by molar-refractivity contribution is 5.36. The van der Waals surface area contributed by atoms with Gasteiger partial charge in [-0.15, -0.1) is 0 Å². The number of rotatable bonds is 2. The van der Waals surface area contributed by atoms with E-state index in [0.29, 0.717) is 17.0 Å². The van der Waals surface area contributed by atoms with Crippen LogP contribution in [0.2, 0.25) is 0 Å². The summed E-state index contributed by atoms with van der Waals surface area (Å²) in [4.78, 5) is 4.00. The molecule has 19 heavy (non-hydrogen) atoms. The van der Waals surface area contributed by atoms with Gasteiger partial charge < -0.3 is 9.67 Å². The fourth-order valence-electron chi connectivity index (χ4n) is 1.94. The van der Waals surface area contributed by atoms with Gasteiger partial charge in [-0.05, 0) is 30.2 Å². The normalized spacial score (nSPS) is 13.6. The van der Waals surface area contributed by atoms with Gasteiger partial charge in [-0.2, -0.15) is 13.2 Å². The monoisotopic (exact) mass is 270 g/mol. The van der Waals surface area contributed by atoms with Crippen LogP contribution < -0.4 is 0 Å². The first-order valence-electron chi connectivity index (χ1n) is 5.63. The van der Waals surface area contributed by atoms with E-state index in [0.717, 1.165) is 12.1 Å². The second kappa shape index (κ2) is 4.70. The molecule has 3 nitrogen and oxygen atoms in total. The quantitative estimate of drug-likeness (QED) is 0.911. The number of halogens is 3. The molecule has 0 fully saturated rings. The van der Waals surface area contributed by atoms with Gasteiger partial charge in [0.25, 0.3) is 0 Å². The lowest BCUT2D eigenvalue weighted by molar-refractivity contribution is -0.137. The van der Waals surface area contributed by atoms with Crippen LogP contribution in [0, 0.1) is 6.92 Å². The molecule has 0 amide bonds. The molecule has 1 atom stereocenters. The van der Waals surface area contributed by atoms with Crippen molar-refractivity contribution >= 4 is 0 Å². The number of hydrogen-bond acceptors (Lipinski definition) is 2. The molecule has 2 aromatic rings. The maximum Gasteiger partial charge on any atom is 0.416 e. The van der Waals surface area contributed by atoms with Crippen LogP contribution in [-0.4, -0.2) is 14.7 Å². The SMILES string of the molecule is Cc1cc(C(F)(F)F)ccc1C(O)c1nccn1C. The van der Waals surface area contributed by atoms with Gasteiger partial charge in [0.05, 0.1) is 5.56 Å². The number of alkyl halides is 3. The predicted molar refractivity (Wildman–Crippen MR) is 63.5 cm³/mol. The lowest BCUT2D eigenvalue weighted by Crippen LogP contribution is -2.10. The molecule has 102 valence electrons.